The number of benzene rings is 2. The molecule has 12 nitrogen and oxygen atoms in total. The molecule has 1 N–H and O–H groups in total. The summed E-state index contributed by atoms with van der Waals surface area (Å²) in [5.74, 6) is -1.01. The predicted molar refractivity (Wildman–Crippen MR) is 184 cm³/mol. The molecular formula is C34H46N2O10S2. The number of ether oxygens (including phenoxy) is 2. The third kappa shape index (κ3) is 18.8. The third-order valence-corrected chi connectivity index (χ3v) is 9.44. The molecule has 0 saturated carbocycles. The maximum atomic E-state index is 12.7. The highest BCUT2D eigenvalue weighted by atomic mass is 32.2. The lowest BCUT2D eigenvalue weighted by Gasteiger charge is -2.21. The second-order valence-electron chi connectivity index (χ2n) is 10.1. The van der Waals surface area contributed by atoms with Gasteiger partial charge in [0.2, 0.25) is 20.0 Å². The van der Waals surface area contributed by atoms with E-state index in [1.807, 2.05) is 13.8 Å². The average molecular weight is 707 g/mol. The number of rotatable bonds is 16. The van der Waals surface area contributed by atoms with Gasteiger partial charge in [0.25, 0.3) is 0 Å². The Kier molecular flexibility index (Phi) is 21.1. The van der Waals surface area contributed by atoms with Crippen LogP contribution in [0.5, 0.6) is 0 Å². The molecule has 0 aromatic heterocycles. The van der Waals surface area contributed by atoms with Crippen molar-refractivity contribution < 1.29 is 45.5 Å². The number of Topliss-reactive ketones (excluding diaryl/α,β-unsaturated/α-hetero) is 1. The lowest BCUT2D eigenvalue weighted by molar-refractivity contribution is -0.135. The van der Waals surface area contributed by atoms with Crippen molar-refractivity contribution in [3.05, 3.63) is 96.6 Å². The lowest BCUT2D eigenvalue weighted by Crippen LogP contribution is -2.33. The number of carbonyl (C=O) groups excluding carboxylic acids is 4. The minimum atomic E-state index is -3.69. The van der Waals surface area contributed by atoms with Crippen LogP contribution in [-0.4, -0.2) is 78.5 Å². The molecule has 0 aliphatic carbocycles. The van der Waals surface area contributed by atoms with Crippen molar-refractivity contribution in [3.63, 3.8) is 0 Å². The molecule has 0 aliphatic heterocycles. The van der Waals surface area contributed by atoms with Crippen LogP contribution >= 0.6 is 0 Å². The molecule has 48 heavy (non-hydrogen) atoms. The molecular weight excluding hydrogens is 661 g/mol. The van der Waals surface area contributed by atoms with Crippen LogP contribution in [0.15, 0.2) is 95.3 Å². The molecule has 0 aliphatic rings. The smallest absolute Gasteiger partial charge is 0.330 e. The summed E-state index contributed by atoms with van der Waals surface area (Å²) in [6, 6.07) is 13.2. The van der Waals surface area contributed by atoms with E-state index in [9.17, 15) is 36.0 Å². The first-order chi connectivity index (χ1) is 22.5. The predicted octanol–water partition coefficient (Wildman–Crippen LogP) is 4.24. The summed E-state index contributed by atoms with van der Waals surface area (Å²) < 4.78 is 61.8. The maximum Gasteiger partial charge on any atom is 0.330 e. The minimum Gasteiger partial charge on any atom is -0.466 e. The Labute approximate surface area is 284 Å². The second-order valence-corrected chi connectivity index (χ2v) is 13.8. The van der Waals surface area contributed by atoms with Crippen LogP contribution in [0.3, 0.4) is 0 Å². The van der Waals surface area contributed by atoms with Crippen LogP contribution in [-0.2, 0) is 48.7 Å². The summed E-state index contributed by atoms with van der Waals surface area (Å²) in [5.41, 5.74) is 1.96. The van der Waals surface area contributed by atoms with E-state index in [0.29, 0.717) is 12.8 Å². The number of esters is 2. The Bertz CT molecular complexity index is 1610. The van der Waals surface area contributed by atoms with Gasteiger partial charge >= 0.3 is 11.9 Å². The van der Waals surface area contributed by atoms with Gasteiger partial charge in [-0.1, -0.05) is 54.1 Å². The van der Waals surface area contributed by atoms with Crippen LogP contribution in [0.25, 0.3) is 0 Å². The van der Waals surface area contributed by atoms with Gasteiger partial charge < -0.3 is 9.47 Å². The zero-order chi connectivity index (χ0) is 36.8. The van der Waals surface area contributed by atoms with E-state index in [1.165, 1.54) is 50.6 Å². The summed E-state index contributed by atoms with van der Waals surface area (Å²) in [5, 5.41) is 0. The zero-order valence-corrected chi connectivity index (χ0v) is 29.9. The molecule has 2 aromatic rings. The van der Waals surface area contributed by atoms with Crippen molar-refractivity contribution >= 4 is 43.6 Å². The van der Waals surface area contributed by atoms with Crippen LogP contribution in [0.4, 0.5) is 0 Å². The van der Waals surface area contributed by atoms with Gasteiger partial charge in [0.05, 0.1) is 24.0 Å². The normalized spacial score (nSPS) is 11.2. The highest BCUT2D eigenvalue weighted by molar-refractivity contribution is 7.89. The molecule has 0 bridgehead atoms. The Balaban J connectivity index is 0.000000822. The highest BCUT2D eigenvalue weighted by Gasteiger charge is 2.24. The van der Waals surface area contributed by atoms with E-state index < -0.39 is 32.0 Å². The fraction of sp³-hybridized carbons (Fsp3) is 0.353. The SMILES string of the molecule is C=CC(C)=O.COC(=O)/C=C/CCN(CCC(C)=O)S(=O)(=O)c1ccc(C)cc1.COC(=O)/C=C/CCNS(=O)(=O)c1ccc(C)cc1. The van der Waals surface area contributed by atoms with Gasteiger partial charge in [-0.15, -0.1) is 0 Å². The molecule has 0 fully saturated rings. The number of aryl methyl sites for hydroxylation is 2. The first-order valence-electron chi connectivity index (χ1n) is 14.7. The summed E-state index contributed by atoms with van der Waals surface area (Å²) in [7, 11) is -4.62. The van der Waals surface area contributed by atoms with Crippen LogP contribution in [0, 0.1) is 13.8 Å². The van der Waals surface area contributed by atoms with Crippen molar-refractivity contribution in [2.45, 2.75) is 56.7 Å². The van der Waals surface area contributed by atoms with Crippen molar-refractivity contribution in [2.24, 2.45) is 0 Å². The summed E-state index contributed by atoms with van der Waals surface area (Å²) in [6.45, 7) is 10.4. The van der Waals surface area contributed by atoms with Crippen molar-refractivity contribution in [1.29, 1.82) is 0 Å². The molecule has 0 saturated heterocycles. The Morgan fingerprint density at radius 2 is 1.19 bits per heavy atom. The number of nitrogens with one attached hydrogen (secondary N) is 1. The van der Waals surface area contributed by atoms with E-state index in [1.54, 1.807) is 60.7 Å². The minimum absolute atomic E-state index is 0.0185. The van der Waals surface area contributed by atoms with Gasteiger partial charge in [0.1, 0.15) is 5.78 Å². The van der Waals surface area contributed by atoms with Crippen LogP contribution < -0.4 is 4.72 Å². The Hall–Kier alpha value is -4.24. The van der Waals surface area contributed by atoms with Gasteiger partial charge in [-0.2, -0.15) is 4.31 Å². The topological polar surface area (TPSA) is 170 Å². The Morgan fingerprint density at radius 3 is 1.60 bits per heavy atom. The molecule has 0 heterocycles. The standard InChI is InChI=1S/C17H23NO5S.C13H17NO4S.C4H6O/c1-14-7-9-16(10-8-14)24(21,22)18(13-11-15(2)19)12-5-4-6-17(20)23-3;1-11-6-8-12(9-7-11)19(16,17)14-10-4-3-5-13(15)18-2;1-3-4(2)5/h4,6-10H,5,11-13H2,1-3H3;3,5-9,14H,4,10H2,1-2H3;3H,1H2,2H3/b6-4+;5-3+;. The molecule has 0 spiro atoms. The van der Waals surface area contributed by atoms with E-state index in [0.717, 1.165) is 11.1 Å². The van der Waals surface area contributed by atoms with Gasteiger partial charge in [0.15, 0.2) is 5.78 Å². The van der Waals surface area contributed by atoms with E-state index in [2.05, 4.69) is 20.8 Å². The summed E-state index contributed by atoms with van der Waals surface area (Å²) in [6.07, 6.45) is 7.81. The first-order valence-corrected chi connectivity index (χ1v) is 17.7. The van der Waals surface area contributed by atoms with Crippen molar-refractivity contribution in [1.82, 2.24) is 9.03 Å². The molecule has 14 heteroatoms. The van der Waals surface area contributed by atoms with Gasteiger partial charge in [-0.05, 0) is 70.9 Å². The van der Waals surface area contributed by atoms with E-state index in [4.69, 9.17) is 0 Å². The number of hydrogen-bond acceptors (Lipinski definition) is 10. The van der Waals surface area contributed by atoms with Gasteiger partial charge in [0, 0.05) is 38.2 Å². The number of methoxy groups -OCH3 is 2. The quantitative estimate of drug-likeness (QED) is 0.151. The highest BCUT2D eigenvalue weighted by Crippen LogP contribution is 2.17. The first kappa shape index (κ1) is 43.8. The number of sulfonamides is 2. The summed E-state index contributed by atoms with van der Waals surface area (Å²) >= 11 is 0. The number of allylic oxidation sites excluding steroid dienone is 1. The second kappa shape index (κ2) is 23.1. The summed E-state index contributed by atoms with van der Waals surface area (Å²) in [4.78, 5) is 43.1. The maximum absolute atomic E-state index is 12.7. The zero-order valence-electron chi connectivity index (χ0n) is 28.3. The third-order valence-electron chi connectivity index (χ3n) is 6.05. The fourth-order valence-electron chi connectivity index (χ4n) is 3.28. The lowest BCUT2D eigenvalue weighted by atomic mass is 10.2. The molecule has 264 valence electrons. The average Bonchev–Trinajstić information content (AvgIpc) is 3.04. The molecule has 2 aromatic carbocycles. The van der Waals surface area contributed by atoms with Gasteiger partial charge in [-0.3, -0.25) is 9.59 Å². The molecule has 0 atom stereocenters. The molecule has 0 amide bonds. The Morgan fingerprint density at radius 1 is 0.750 bits per heavy atom. The van der Waals surface area contributed by atoms with Crippen molar-refractivity contribution in [3.8, 4) is 0 Å². The number of nitrogens with zero attached hydrogens (tertiary/aromatic N) is 1. The number of ketones is 2. The number of hydrogen-bond donors (Lipinski definition) is 1. The van der Waals surface area contributed by atoms with Crippen LogP contribution in [0.2, 0.25) is 0 Å². The van der Waals surface area contributed by atoms with E-state index in [-0.39, 0.29) is 47.4 Å². The molecule has 0 radical (unpaired) electrons. The van der Waals surface area contributed by atoms with Crippen molar-refractivity contribution in [2.75, 3.05) is 33.9 Å². The van der Waals surface area contributed by atoms with Crippen LogP contribution in [0.1, 0.15) is 44.2 Å². The monoisotopic (exact) mass is 706 g/mol. The largest absolute Gasteiger partial charge is 0.466 e. The molecule has 2 rings (SSSR count). The van der Waals surface area contributed by atoms with Gasteiger partial charge in [-0.25, -0.2) is 31.1 Å². The number of carbonyl (C=O) groups is 4. The van der Waals surface area contributed by atoms with E-state index >= 15 is 0 Å². The fourth-order valence-corrected chi connectivity index (χ4v) is 5.79. The molecule has 0 unspecified atom stereocenters.